The molecule has 2 amide bonds. The minimum absolute atomic E-state index is 0.00294. The van der Waals surface area contributed by atoms with Gasteiger partial charge in [0.1, 0.15) is 5.69 Å². The number of likely N-dealkylation sites (tertiary alicyclic amines) is 1. The van der Waals surface area contributed by atoms with Gasteiger partial charge in [0.2, 0.25) is 5.91 Å². The largest absolute Gasteiger partial charge is 0.343 e. The summed E-state index contributed by atoms with van der Waals surface area (Å²) in [7, 11) is 0. The molecule has 2 aromatic carbocycles. The van der Waals surface area contributed by atoms with Crippen molar-refractivity contribution in [2.45, 2.75) is 33.6 Å². The van der Waals surface area contributed by atoms with Crippen molar-refractivity contribution in [3.8, 4) is 16.9 Å². The Morgan fingerprint density at radius 1 is 0.970 bits per heavy atom. The minimum Gasteiger partial charge on any atom is -0.343 e. The summed E-state index contributed by atoms with van der Waals surface area (Å²) in [4.78, 5) is 30.2. The summed E-state index contributed by atoms with van der Waals surface area (Å²) in [6.45, 7) is 8.69. The molecular formula is C27H32N4O2. The maximum Gasteiger partial charge on any atom is 0.257 e. The highest BCUT2D eigenvalue weighted by Gasteiger charge is 2.31. The highest BCUT2D eigenvalue weighted by molar-refractivity contribution is 6.00. The molecule has 1 saturated heterocycles. The van der Waals surface area contributed by atoms with E-state index in [2.05, 4.69) is 0 Å². The van der Waals surface area contributed by atoms with E-state index in [1.165, 1.54) is 0 Å². The summed E-state index contributed by atoms with van der Waals surface area (Å²) in [6, 6.07) is 17.9. The standard InChI is InChI=1S/C27H32N4O2/c1-4-29(5-2)26(32)21-15-17-30(18-16-21)27(33)24-19-31(22-12-7-6-8-13-22)28-25(24)23-14-10-9-11-20(23)3/h6-14,19,21H,4-5,15-18H2,1-3H3. The van der Waals surface area contributed by atoms with Crippen LogP contribution in [0.2, 0.25) is 0 Å². The smallest absolute Gasteiger partial charge is 0.257 e. The Kier molecular flexibility index (Phi) is 6.92. The maximum atomic E-state index is 13.6. The third-order valence-electron chi connectivity index (χ3n) is 6.57. The van der Waals surface area contributed by atoms with Gasteiger partial charge in [0, 0.05) is 43.9 Å². The normalized spacial score (nSPS) is 14.3. The number of carbonyl (C=O) groups is 2. The molecule has 6 heteroatoms. The molecule has 1 aliphatic rings. The Morgan fingerprint density at radius 2 is 1.61 bits per heavy atom. The lowest BCUT2D eigenvalue weighted by Crippen LogP contribution is -2.44. The summed E-state index contributed by atoms with van der Waals surface area (Å²) in [5, 5.41) is 4.82. The molecule has 1 aromatic heterocycles. The number of aromatic nitrogens is 2. The SMILES string of the molecule is CCN(CC)C(=O)C1CCN(C(=O)c2cn(-c3ccccc3)nc2-c2ccccc2C)CC1. The number of aryl methyl sites for hydroxylation is 1. The fraction of sp³-hybridized carbons (Fsp3) is 0.370. The lowest BCUT2D eigenvalue weighted by molar-refractivity contribution is -0.136. The van der Waals surface area contributed by atoms with Gasteiger partial charge in [-0.15, -0.1) is 0 Å². The van der Waals surface area contributed by atoms with Crippen molar-refractivity contribution in [3.63, 3.8) is 0 Å². The maximum absolute atomic E-state index is 13.6. The molecule has 0 saturated carbocycles. The van der Waals surface area contributed by atoms with Gasteiger partial charge < -0.3 is 9.80 Å². The Labute approximate surface area is 195 Å². The molecule has 6 nitrogen and oxygen atoms in total. The average Bonchev–Trinajstić information content (AvgIpc) is 3.30. The van der Waals surface area contributed by atoms with E-state index in [1.807, 2.05) is 91.4 Å². The Morgan fingerprint density at radius 3 is 2.24 bits per heavy atom. The zero-order valence-corrected chi connectivity index (χ0v) is 19.7. The van der Waals surface area contributed by atoms with Crippen LogP contribution >= 0.6 is 0 Å². The van der Waals surface area contributed by atoms with Gasteiger partial charge >= 0.3 is 0 Å². The van der Waals surface area contributed by atoms with E-state index < -0.39 is 0 Å². The van der Waals surface area contributed by atoms with Crippen molar-refractivity contribution in [2.75, 3.05) is 26.2 Å². The molecule has 0 radical (unpaired) electrons. The number of rotatable bonds is 6. The lowest BCUT2D eigenvalue weighted by atomic mass is 9.94. The summed E-state index contributed by atoms with van der Waals surface area (Å²) in [6.07, 6.45) is 3.24. The van der Waals surface area contributed by atoms with E-state index in [9.17, 15) is 9.59 Å². The number of para-hydroxylation sites is 1. The van der Waals surface area contributed by atoms with Crippen LogP contribution in [-0.4, -0.2) is 57.6 Å². The van der Waals surface area contributed by atoms with Gasteiger partial charge in [-0.05, 0) is 51.3 Å². The quantitative estimate of drug-likeness (QED) is 0.560. The van der Waals surface area contributed by atoms with Gasteiger partial charge in [-0.1, -0.05) is 42.5 Å². The van der Waals surface area contributed by atoms with Crippen LogP contribution in [0.4, 0.5) is 0 Å². The van der Waals surface area contributed by atoms with E-state index >= 15 is 0 Å². The summed E-state index contributed by atoms with van der Waals surface area (Å²) in [5.41, 5.74) is 4.25. The number of amides is 2. The van der Waals surface area contributed by atoms with Crippen LogP contribution < -0.4 is 0 Å². The topological polar surface area (TPSA) is 58.4 Å². The predicted molar refractivity (Wildman–Crippen MR) is 130 cm³/mol. The molecule has 1 fully saturated rings. The molecule has 0 spiro atoms. The number of benzene rings is 2. The molecule has 0 atom stereocenters. The third-order valence-corrected chi connectivity index (χ3v) is 6.57. The molecule has 0 aliphatic carbocycles. The first kappa shape index (κ1) is 22.8. The van der Waals surface area contributed by atoms with Crippen LogP contribution in [-0.2, 0) is 4.79 Å². The van der Waals surface area contributed by atoms with Crippen LogP contribution in [0, 0.1) is 12.8 Å². The van der Waals surface area contributed by atoms with Crippen molar-refractivity contribution in [3.05, 3.63) is 71.9 Å². The number of hydrogen-bond donors (Lipinski definition) is 0. The van der Waals surface area contributed by atoms with E-state index in [1.54, 1.807) is 4.68 Å². The van der Waals surface area contributed by atoms with Crippen LogP contribution in [0.15, 0.2) is 60.8 Å². The number of piperidine rings is 1. The van der Waals surface area contributed by atoms with Gasteiger partial charge in [0.15, 0.2) is 0 Å². The highest BCUT2D eigenvalue weighted by atomic mass is 16.2. The first-order valence-electron chi connectivity index (χ1n) is 11.8. The van der Waals surface area contributed by atoms with E-state index in [4.69, 9.17) is 5.10 Å². The van der Waals surface area contributed by atoms with Gasteiger partial charge in [0.05, 0.1) is 11.3 Å². The summed E-state index contributed by atoms with van der Waals surface area (Å²) in [5.74, 6) is 0.186. The van der Waals surface area contributed by atoms with E-state index in [0.29, 0.717) is 37.2 Å². The third kappa shape index (κ3) is 4.70. The Bertz CT molecular complexity index is 1110. The molecule has 0 bridgehead atoms. The molecule has 1 aliphatic heterocycles. The van der Waals surface area contributed by atoms with E-state index in [0.717, 1.165) is 29.9 Å². The number of carbonyl (C=O) groups excluding carboxylic acids is 2. The van der Waals surface area contributed by atoms with Crippen molar-refractivity contribution in [1.29, 1.82) is 0 Å². The second-order valence-corrected chi connectivity index (χ2v) is 8.56. The van der Waals surface area contributed by atoms with Crippen LogP contribution in [0.5, 0.6) is 0 Å². The predicted octanol–water partition coefficient (Wildman–Crippen LogP) is 4.57. The zero-order chi connectivity index (χ0) is 23.4. The Hall–Kier alpha value is -3.41. The second-order valence-electron chi connectivity index (χ2n) is 8.56. The molecule has 4 rings (SSSR count). The summed E-state index contributed by atoms with van der Waals surface area (Å²) >= 11 is 0. The van der Waals surface area contributed by atoms with Gasteiger partial charge in [-0.25, -0.2) is 4.68 Å². The van der Waals surface area contributed by atoms with Crippen molar-refractivity contribution < 1.29 is 9.59 Å². The fourth-order valence-corrected chi connectivity index (χ4v) is 4.57. The van der Waals surface area contributed by atoms with E-state index in [-0.39, 0.29) is 17.7 Å². The zero-order valence-electron chi connectivity index (χ0n) is 19.7. The number of nitrogens with zero attached hydrogens (tertiary/aromatic N) is 4. The number of hydrogen-bond acceptors (Lipinski definition) is 3. The van der Waals surface area contributed by atoms with Crippen LogP contribution in [0.25, 0.3) is 16.9 Å². The molecule has 172 valence electrons. The van der Waals surface area contributed by atoms with Gasteiger partial charge in [-0.2, -0.15) is 5.10 Å². The molecule has 0 unspecified atom stereocenters. The van der Waals surface area contributed by atoms with Gasteiger partial charge in [0.25, 0.3) is 5.91 Å². The van der Waals surface area contributed by atoms with Gasteiger partial charge in [-0.3, -0.25) is 9.59 Å². The molecule has 2 heterocycles. The van der Waals surface area contributed by atoms with Crippen molar-refractivity contribution in [2.24, 2.45) is 5.92 Å². The van der Waals surface area contributed by atoms with Crippen LogP contribution in [0.3, 0.4) is 0 Å². The average molecular weight is 445 g/mol. The molecule has 3 aromatic rings. The molecular weight excluding hydrogens is 412 g/mol. The molecule has 0 N–H and O–H groups in total. The van der Waals surface area contributed by atoms with Crippen LogP contribution in [0.1, 0.15) is 42.6 Å². The Balaban J connectivity index is 1.61. The summed E-state index contributed by atoms with van der Waals surface area (Å²) < 4.78 is 1.78. The molecule has 33 heavy (non-hydrogen) atoms. The lowest BCUT2D eigenvalue weighted by Gasteiger charge is -2.33. The van der Waals surface area contributed by atoms with Crippen molar-refractivity contribution in [1.82, 2.24) is 19.6 Å². The second kappa shape index (κ2) is 10.0. The monoisotopic (exact) mass is 444 g/mol. The van der Waals surface area contributed by atoms with Crippen molar-refractivity contribution >= 4 is 11.8 Å². The first-order chi connectivity index (χ1) is 16.0. The minimum atomic E-state index is -0.0239. The highest BCUT2D eigenvalue weighted by Crippen LogP contribution is 2.29. The first-order valence-corrected chi connectivity index (χ1v) is 11.8. The fourth-order valence-electron chi connectivity index (χ4n) is 4.57.